The van der Waals surface area contributed by atoms with Crippen molar-refractivity contribution in [3.8, 4) is 0 Å². The van der Waals surface area contributed by atoms with E-state index in [9.17, 15) is 13.6 Å². The van der Waals surface area contributed by atoms with Crippen molar-refractivity contribution in [2.75, 3.05) is 0 Å². The van der Waals surface area contributed by atoms with Gasteiger partial charge in [-0.3, -0.25) is 4.79 Å². The molecule has 0 saturated heterocycles. The Hall–Kier alpha value is -1.19. The van der Waals surface area contributed by atoms with Crippen molar-refractivity contribution >= 4 is 5.78 Å². The average molecular weight is 159 g/mol. The van der Waals surface area contributed by atoms with E-state index in [-0.39, 0.29) is 17.2 Å². The molecule has 1 N–H and O–H groups in total. The number of alkyl halides is 2. The lowest BCUT2D eigenvalue weighted by atomic mass is 10.3. The normalized spacial score (nSPS) is 10.5. The Morgan fingerprint density at radius 3 is 2.45 bits per heavy atom. The van der Waals surface area contributed by atoms with E-state index in [1.807, 2.05) is 0 Å². The predicted molar refractivity (Wildman–Crippen MR) is 35.8 cm³/mol. The first-order valence-corrected chi connectivity index (χ1v) is 3.09. The lowest BCUT2D eigenvalue weighted by Gasteiger charge is -1.92. The number of halogens is 2. The molecule has 0 aliphatic carbocycles. The highest BCUT2D eigenvalue weighted by Crippen LogP contribution is 2.17. The Balaban J connectivity index is 2.90. The Morgan fingerprint density at radius 1 is 1.55 bits per heavy atom. The first-order valence-electron chi connectivity index (χ1n) is 3.09. The maximum Gasteiger partial charge on any atom is 0.278 e. The van der Waals surface area contributed by atoms with E-state index in [0.29, 0.717) is 0 Å². The molecule has 1 aromatic heterocycles. The Kier molecular flexibility index (Phi) is 2.03. The van der Waals surface area contributed by atoms with Crippen LogP contribution in [0.25, 0.3) is 0 Å². The lowest BCUT2D eigenvalue weighted by Crippen LogP contribution is -1.92. The molecule has 0 bridgehead atoms. The van der Waals surface area contributed by atoms with Crippen LogP contribution in [0, 0.1) is 0 Å². The summed E-state index contributed by atoms with van der Waals surface area (Å²) in [6, 6.07) is 2.56. The number of carbonyl (C=O) groups is 1. The number of H-pyrrole nitrogens is 1. The third-order valence-corrected chi connectivity index (χ3v) is 1.32. The molecule has 1 heterocycles. The number of carbonyl (C=O) groups excluding carboxylic acids is 1. The van der Waals surface area contributed by atoms with Crippen molar-refractivity contribution in [3.63, 3.8) is 0 Å². The van der Waals surface area contributed by atoms with Gasteiger partial charge in [-0.1, -0.05) is 0 Å². The van der Waals surface area contributed by atoms with Gasteiger partial charge in [0.25, 0.3) is 6.43 Å². The van der Waals surface area contributed by atoms with Gasteiger partial charge in [0.15, 0.2) is 5.78 Å². The monoisotopic (exact) mass is 159 g/mol. The topological polar surface area (TPSA) is 32.9 Å². The van der Waals surface area contributed by atoms with E-state index in [4.69, 9.17) is 0 Å². The molecule has 0 aromatic carbocycles. The van der Waals surface area contributed by atoms with Gasteiger partial charge in [0.05, 0.1) is 11.4 Å². The van der Waals surface area contributed by atoms with Gasteiger partial charge in [0.1, 0.15) is 0 Å². The SMILES string of the molecule is CC(=O)c1ccc(C(F)F)[nH]1. The first kappa shape index (κ1) is 7.91. The minimum Gasteiger partial charge on any atom is -0.351 e. The summed E-state index contributed by atoms with van der Waals surface area (Å²) in [6.07, 6.45) is -2.54. The number of Topliss-reactive ketones (excluding diaryl/α,β-unsaturated/α-hetero) is 1. The van der Waals surface area contributed by atoms with Crippen molar-refractivity contribution in [1.82, 2.24) is 4.98 Å². The summed E-state index contributed by atoms with van der Waals surface area (Å²) >= 11 is 0. The highest BCUT2D eigenvalue weighted by molar-refractivity contribution is 5.92. The molecule has 1 aromatic rings. The third kappa shape index (κ3) is 1.63. The molecule has 0 atom stereocenters. The number of hydrogen-bond acceptors (Lipinski definition) is 1. The molecule has 0 aliphatic rings. The maximum atomic E-state index is 11.9. The van der Waals surface area contributed by atoms with Crippen molar-refractivity contribution in [2.24, 2.45) is 0 Å². The van der Waals surface area contributed by atoms with Gasteiger partial charge < -0.3 is 4.98 Å². The van der Waals surface area contributed by atoms with Gasteiger partial charge in [-0.2, -0.15) is 0 Å². The molecule has 60 valence electrons. The highest BCUT2D eigenvalue weighted by atomic mass is 19.3. The molecule has 0 amide bonds. The van der Waals surface area contributed by atoms with Crippen LogP contribution in [0.1, 0.15) is 29.5 Å². The predicted octanol–water partition coefficient (Wildman–Crippen LogP) is 2.15. The van der Waals surface area contributed by atoms with Crippen LogP contribution in [0.3, 0.4) is 0 Å². The van der Waals surface area contributed by atoms with Crippen LogP contribution in [0.4, 0.5) is 8.78 Å². The minimum atomic E-state index is -2.54. The smallest absolute Gasteiger partial charge is 0.278 e. The van der Waals surface area contributed by atoms with E-state index < -0.39 is 6.43 Å². The lowest BCUT2D eigenvalue weighted by molar-refractivity contribution is 0.101. The van der Waals surface area contributed by atoms with Gasteiger partial charge in [-0.25, -0.2) is 8.78 Å². The van der Waals surface area contributed by atoms with Crippen molar-refractivity contribution in [3.05, 3.63) is 23.5 Å². The van der Waals surface area contributed by atoms with Crippen molar-refractivity contribution in [1.29, 1.82) is 0 Å². The zero-order chi connectivity index (χ0) is 8.43. The standard InChI is InChI=1S/C7H7F2NO/c1-4(11)5-2-3-6(10-5)7(8)9/h2-3,7,10H,1H3. The average Bonchev–Trinajstić information content (AvgIpc) is 2.33. The number of ketones is 1. The Morgan fingerprint density at radius 2 is 2.18 bits per heavy atom. The summed E-state index contributed by atoms with van der Waals surface area (Å²) in [5.74, 6) is -0.239. The zero-order valence-electron chi connectivity index (χ0n) is 5.90. The number of rotatable bonds is 2. The van der Waals surface area contributed by atoms with E-state index in [2.05, 4.69) is 4.98 Å². The van der Waals surface area contributed by atoms with Crippen LogP contribution in [-0.4, -0.2) is 10.8 Å². The van der Waals surface area contributed by atoms with Crippen molar-refractivity contribution in [2.45, 2.75) is 13.3 Å². The second-order valence-electron chi connectivity index (χ2n) is 2.18. The van der Waals surface area contributed by atoms with Crippen LogP contribution in [0.2, 0.25) is 0 Å². The molecular formula is C7H7F2NO. The van der Waals surface area contributed by atoms with Gasteiger partial charge in [0, 0.05) is 6.92 Å². The Labute approximate surface area is 62.2 Å². The fraction of sp³-hybridized carbons (Fsp3) is 0.286. The summed E-state index contributed by atoms with van der Waals surface area (Å²) < 4.78 is 23.8. The zero-order valence-corrected chi connectivity index (χ0v) is 5.90. The van der Waals surface area contributed by atoms with Gasteiger partial charge in [-0.05, 0) is 12.1 Å². The third-order valence-electron chi connectivity index (χ3n) is 1.32. The fourth-order valence-corrected chi connectivity index (χ4v) is 0.745. The molecular weight excluding hydrogens is 152 g/mol. The fourth-order valence-electron chi connectivity index (χ4n) is 0.745. The molecule has 1 rings (SSSR count). The van der Waals surface area contributed by atoms with E-state index in [1.54, 1.807) is 0 Å². The quantitative estimate of drug-likeness (QED) is 0.659. The van der Waals surface area contributed by atoms with Gasteiger partial charge in [-0.15, -0.1) is 0 Å². The number of hydrogen-bond donors (Lipinski definition) is 1. The number of aromatic amines is 1. The van der Waals surface area contributed by atoms with Crippen molar-refractivity contribution < 1.29 is 13.6 Å². The summed E-state index contributed by atoms with van der Waals surface area (Å²) in [6.45, 7) is 1.32. The van der Waals surface area contributed by atoms with Gasteiger partial charge >= 0.3 is 0 Å². The molecule has 0 fully saturated rings. The molecule has 0 radical (unpaired) electrons. The van der Waals surface area contributed by atoms with E-state index in [0.717, 1.165) is 0 Å². The highest BCUT2D eigenvalue weighted by Gasteiger charge is 2.10. The van der Waals surface area contributed by atoms with Crippen LogP contribution in [0.5, 0.6) is 0 Å². The minimum absolute atomic E-state index is 0.213. The van der Waals surface area contributed by atoms with Crippen LogP contribution >= 0.6 is 0 Å². The van der Waals surface area contributed by atoms with Gasteiger partial charge in [0.2, 0.25) is 0 Å². The summed E-state index contributed by atoms with van der Waals surface area (Å²) in [5.41, 5.74) is 0.00972. The molecule has 11 heavy (non-hydrogen) atoms. The van der Waals surface area contributed by atoms with Crippen LogP contribution in [0.15, 0.2) is 12.1 Å². The summed E-state index contributed by atoms with van der Waals surface area (Å²) in [4.78, 5) is 12.9. The second-order valence-corrected chi connectivity index (χ2v) is 2.18. The maximum absolute atomic E-state index is 11.9. The van der Waals surface area contributed by atoms with Crippen LogP contribution in [-0.2, 0) is 0 Å². The molecule has 2 nitrogen and oxygen atoms in total. The van der Waals surface area contributed by atoms with E-state index >= 15 is 0 Å². The molecule has 0 spiro atoms. The molecule has 0 aliphatic heterocycles. The number of aromatic nitrogens is 1. The molecule has 4 heteroatoms. The molecule has 0 unspecified atom stereocenters. The summed E-state index contributed by atoms with van der Waals surface area (Å²) in [5, 5.41) is 0. The van der Waals surface area contributed by atoms with E-state index in [1.165, 1.54) is 19.1 Å². The number of nitrogens with one attached hydrogen (secondary N) is 1. The first-order chi connectivity index (χ1) is 5.11. The summed E-state index contributed by atoms with van der Waals surface area (Å²) in [7, 11) is 0. The largest absolute Gasteiger partial charge is 0.351 e. The molecule has 0 saturated carbocycles. The Bertz CT molecular complexity index is 267. The van der Waals surface area contributed by atoms with Crippen LogP contribution < -0.4 is 0 Å². The second kappa shape index (κ2) is 2.82.